The molecule has 1 aliphatic heterocycles. The summed E-state index contributed by atoms with van der Waals surface area (Å²) in [6.07, 6.45) is 5.87. The Kier molecular flexibility index (Phi) is 8.09. The number of carbonyl (C=O) groups excluding carboxylic acids is 2. The van der Waals surface area contributed by atoms with E-state index in [9.17, 15) is 9.59 Å². The molecule has 6 heteroatoms. The summed E-state index contributed by atoms with van der Waals surface area (Å²) in [4.78, 5) is 31.9. The fraction of sp³-hybridized carbons (Fsp3) is 0.281. The zero-order valence-electron chi connectivity index (χ0n) is 21.7. The first-order valence-corrected chi connectivity index (χ1v) is 13.3. The fourth-order valence-electron chi connectivity index (χ4n) is 5.04. The van der Waals surface area contributed by atoms with E-state index in [0.29, 0.717) is 30.2 Å². The first-order valence-electron chi connectivity index (χ1n) is 13.3. The van der Waals surface area contributed by atoms with Crippen LogP contribution in [-0.4, -0.2) is 47.4 Å². The number of nitrogens with one attached hydrogen (secondary N) is 1. The summed E-state index contributed by atoms with van der Waals surface area (Å²) in [5.41, 5.74) is 4.27. The lowest BCUT2D eigenvalue weighted by atomic mass is 10.00. The van der Waals surface area contributed by atoms with Crippen LogP contribution in [0.15, 0.2) is 85.2 Å². The molecule has 0 aliphatic carbocycles. The molecule has 1 aromatic heterocycles. The van der Waals surface area contributed by atoms with Crippen molar-refractivity contribution >= 4 is 28.2 Å². The largest absolute Gasteiger partial charge is 0.462 e. The Morgan fingerprint density at radius 1 is 1.00 bits per heavy atom. The number of aromatic nitrogens is 1. The maximum atomic E-state index is 13.0. The molecule has 1 unspecified atom stereocenters. The molecule has 2 heterocycles. The number of ketones is 1. The molecule has 0 bridgehead atoms. The Balaban J connectivity index is 1.18. The topological polar surface area (TPSA) is 71.5 Å². The molecule has 0 amide bonds. The standard InChI is InChI=1S/C32H33N3O3/c1-2-16-38-32(37)26-9-4-8-25(19-26)31(36)18-23-6-3-7-24(17-23)21-35-15-13-28(22-35)34-30-11-5-10-27-20-33-14-12-29(27)30/h3-12,14,17,19-20,28,34H,2,13,15-16,18,21-22H2,1H3. The summed E-state index contributed by atoms with van der Waals surface area (Å²) in [6.45, 7) is 5.15. The maximum absolute atomic E-state index is 13.0. The van der Waals surface area contributed by atoms with Crippen LogP contribution in [0, 0.1) is 0 Å². The van der Waals surface area contributed by atoms with Crippen LogP contribution in [0.2, 0.25) is 0 Å². The fourth-order valence-corrected chi connectivity index (χ4v) is 5.04. The second kappa shape index (κ2) is 12.0. The van der Waals surface area contributed by atoms with Crippen molar-refractivity contribution in [2.24, 2.45) is 0 Å². The van der Waals surface area contributed by atoms with E-state index in [4.69, 9.17) is 4.74 Å². The number of hydrogen-bond donors (Lipinski definition) is 1. The van der Waals surface area contributed by atoms with Crippen molar-refractivity contribution in [2.75, 3.05) is 25.0 Å². The second-order valence-electron chi connectivity index (χ2n) is 9.90. The zero-order chi connectivity index (χ0) is 26.3. The van der Waals surface area contributed by atoms with Crippen molar-refractivity contribution < 1.29 is 14.3 Å². The first-order chi connectivity index (χ1) is 18.6. The number of pyridine rings is 1. The molecule has 1 fully saturated rings. The van der Waals surface area contributed by atoms with Crippen LogP contribution in [0.25, 0.3) is 10.8 Å². The van der Waals surface area contributed by atoms with Crippen LogP contribution < -0.4 is 5.32 Å². The molecule has 1 N–H and O–H groups in total. The summed E-state index contributed by atoms with van der Waals surface area (Å²) in [5.74, 6) is -0.401. The van der Waals surface area contributed by atoms with E-state index in [-0.39, 0.29) is 11.8 Å². The number of nitrogens with zero attached hydrogens (tertiary/aromatic N) is 2. The van der Waals surface area contributed by atoms with Gasteiger partial charge in [0.25, 0.3) is 0 Å². The molecular weight excluding hydrogens is 474 g/mol. The van der Waals surface area contributed by atoms with Crippen LogP contribution in [0.1, 0.15) is 51.6 Å². The third kappa shape index (κ3) is 6.26. The minimum atomic E-state index is -0.389. The number of ether oxygens (including phenoxy) is 1. The van der Waals surface area contributed by atoms with Gasteiger partial charge in [-0.15, -0.1) is 0 Å². The van der Waals surface area contributed by atoms with Gasteiger partial charge in [0.1, 0.15) is 0 Å². The highest BCUT2D eigenvalue weighted by molar-refractivity contribution is 6.00. The average molecular weight is 508 g/mol. The van der Waals surface area contributed by atoms with Crippen molar-refractivity contribution in [3.8, 4) is 0 Å². The number of likely N-dealkylation sites (tertiary alicyclic amines) is 1. The van der Waals surface area contributed by atoms with Gasteiger partial charge in [0.15, 0.2) is 5.78 Å². The van der Waals surface area contributed by atoms with Crippen molar-refractivity contribution in [1.82, 2.24) is 9.88 Å². The number of Topliss-reactive ketones (excluding diaryl/α,β-unsaturated/α-hetero) is 1. The Bertz CT molecular complexity index is 1430. The van der Waals surface area contributed by atoms with Gasteiger partial charge >= 0.3 is 5.97 Å². The lowest BCUT2D eigenvalue weighted by Crippen LogP contribution is -2.26. The molecule has 0 radical (unpaired) electrons. The van der Waals surface area contributed by atoms with E-state index < -0.39 is 0 Å². The predicted molar refractivity (Wildman–Crippen MR) is 151 cm³/mol. The number of carbonyl (C=O) groups is 2. The monoisotopic (exact) mass is 507 g/mol. The minimum Gasteiger partial charge on any atom is -0.462 e. The van der Waals surface area contributed by atoms with Crippen molar-refractivity contribution in [2.45, 2.75) is 38.8 Å². The summed E-state index contributed by atoms with van der Waals surface area (Å²) in [6, 6.07) is 23.8. The highest BCUT2D eigenvalue weighted by Crippen LogP contribution is 2.25. The lowest BCUT2D eigenvalue weighted by molar-refractivity contribution is 0.0505. The van der Waals surface area contributed by atoms with Crippen LogP contribution in [-0.2, 0) is 17.7 Å². The zero-order valence-corrected chi connectivity index (χ0v) is 21.7. The van der Waals surface area contributed by atoms with Crippen LogP contribution >= 0.6 is 0 Å². The third-order valence-electron chi connectivity index (χ3n) is 6.93. The summed E-state index contributed by atoms with van der Waals surface area (Å²) < 4.78 is 5.21. The molecule has 0 spiro atoms. The third-order valence-corrected chi connectivity index (χ3v) is 6.93. The Hall–Kier alpha value is -4.03. The van der Waals surface area contributed by atoms with Gasteiger partial charge in [-0.05, 0) is 48.2 Å². The minimum absolute atomic E-state index is 0.0111. The lowest BCUT2D eigenvalue weighted by Gasteiger charge is -2.18. The molecule has 5 rings (SSSR count). The predicted octanol–water partition coefficient (Wildman–Crippen LogP) is 5.91. The van der Waals surface area contributed by atoms with E-state index in [0.717, 1.165) is 49.1 Å². The Labute approximate surface area is 223 Å². The second-order valence-corrected chi connectivity index (χ2v) is 9.90. The molecule has 3 aromatic carbocycles. The summed E-state index contributed by atoms with van der Waals surface area (Å²) in [5, 5.41) is 6.07. The van der Waals surface area contributed by atoms with Crippen LogP contribution in [0.4, 0.5) is 5.69 Å². The van der Waals surface area contributed by atoms with Crippen molar-refractivity contribution in [1.29, 1.82) is 0 Å². The average Bonchev–Trinajstić information content (AvgIpc) is 3.38. The maximum Gasteiger partial charge on any atom is 0.338 e. The number of hydrogen-bond acceptors (Lipinski definition) is 6. The van der Waals surface area contributed by atoms with Gasteiger partial charge < -0.3 is 10.1 Å². The number of esters is 1. The number of rotatable bonds is 10. The Morgan fingerprint density at radius 3 is 2.71 bits per heavy atom. The van der Waals surface area contributed by atoms with Crippen molar-refractivity contribution in [3.05, 3.63) is 107 Å². The van der Waals surface area contributed by atoms with Crippen molar-refractivity contribution in [3.63, 3.8) is 0 Å². The van der Waals surface area contributed by atoms with E-state index in [1.165, 1.54) is 10.9 Å². The van der Waals surface area contributed by atoms with E-state index in [2.05, 4.69) is 51.6 Å². The van der Waals surface area contributed by atoms with Crippen LogP contribution in [0.5, 0.6) is 0 Å². The number of anilines is 1. The van der Waals surface area contributed by atoms with Gasteiger partial charge in [-0.25, -0.2) is 4.79 Å². The molecule has 1 saturated heterocycles. The SMILES string of the molecule is CCCOC(=O)c1cccc(C(=O)Cc2cccc(CN3CCC(Nc4cccc5cnccc45)C3)c2)c1. The molecular formula is C32H33N3O3. The molecule has 194 valence electrons. The van der Waals surface area contributed by atoms with Gasteiger partial charge in [-0.2, -0.15) is 0 Å². The molecule has 6 nitrogen and oxygen atoms in total. The van der Waals surface area contributed by atoms with E-state index in [1.54, 1.807) is 24.3 Å². The van der Waals surface area contributed by atoms with Gasteiger partial charge in [0.2, 0.25) is 0 Å². The highest BCUT2D eigenvalue weighted by Gasteiger charge is 2.23. The molecule has 1 atom stereocenters. The smallest absolute Gasteiger partial charge is 0.338 e. The van der Waals surface area contributed by atoms with Gasteiger partial charge in [0, 0.05) is 66.5 Å². The quantitative estimate of drug-likeness (QED) is 0.212. The molecule has 1 aliphatic rings. The number of benzene rings is 3. The van der Waals surface area contributed by atoms with E-state index >= 15 is 0 Å². The van der Waals surface area contributed by atoms with Gasteiger partial charge in [-0.3, -0.25) is 14.7 Å². The molecule has 0 saturated carbocycles. The normalized spacial score (nSPS) is 15.4. The molecule has 4 aromatic rings. The highest BCUT2D eigenvalue weighted by atomic mass is 16.5. The summed E-state index contributed by atoms with van der Waals surface area (Å²) in [7, 11) is 0. The van der Waals surface area contributed by atoms with Gasteiger partial charge in [0.05, 0.1) is 12.2 Å². The number of fused-ring (bicyclic) bond motifs is 1. The summed E-state index contributed by atoms with van der Waals surface area (Å²) >= 11 is 0. The Morgan fingerprint density at radius 2 is 1.82 bits per heavy atom. The van der Waals surface area contributed by atoms with Crippen LogP contribution in [0.3, 0.4) is 0 Å². The molecule has 38 heavy (non-hydrogen) atoms. The van der Waals surface area contributed by atoms with Gasteiger partial charge in [-0.1, -0.05) is 55.5 Å². The first kappa shape index (κ1) is 25.6. The van der Waals surface area contributed by atoms with E-state index in [1.807, 2.05) is 31.5 Å².